The normalized spacial score (nSPS) is 19.2. The van der Waals surface area contributed by atoms with E-state index >= 15 is 0 Å². The number of hydrogen-bond donors (Lipinski definition) is 0. The largest absolute Gasteiger partial charge is 0.294 e. The summed E-state index contributed by atoms with van der Waals surface area (Å²) in [6, 6.07) is 7.21. The predicted molar refractivity (Wildman–Crippen MR) is 75.3 cm³/mol. The number of benzene rings is 1. The van der Waals surface area contributed by atoms with Crippen molar-refractivity contribution in [3.63, 3.8) is 0 Å². The van der Waals surface area contributed by atoms with Crippen LogP contribution in [0.15, 0.2) is 24.3 Å². The van der Waals surface area contributed by atoms with Crippen molar-refractivity contribution in [1.82, 2.24) is 4.90 Å². The highest BCUT2D eigenvalue weighted by Crippen LogP contribution is 2.17. The average molecular weight is 266 g/mol. The molecule has 1 aromatic rings. The topological polar surface area (TPSA) is 20.3 Å². The second kappa shape index (κ2) is 6.35. The van der Waals surface area contributed by atoms with Crippen LogP contribution in [0.25, 0.3) is 0 Å². The van der Waals surface area contributed by atoms with Gasteiger partial charge < -0.3 is 0 Å². The molecule has 98 valence electrons. The molecule has 0 aromatic heterocycles. The number of nitrogens with zero attached hydrogens (tertiary/aromatic N) is 1. The SMILES string of the molecule is CC(C(=O)c1cccc(Cl)c1)N1CCCCCC1. The number of likely N-dealkylation sites (tertiary alicyclic amines) is 1. The van der Waals surface area contributed by atoms with Gasteiger partial charge in [0.15, 0.2) is 5.78 Å². The quantitative estimate of drug-likeness (QED) is 0.775. The first kappa shape index (κ1) is 13.6. The number of halogens is 1. The van der Waals surface area contributed by atoms with Crippen LogP contribution in [0.2, 0.25) is 5.02 Å². The van der Waals surface area contributed by atoms with Gasteiger partial charge in [-0.25, -0.2) is 0 Å². The molecule has 1 aromatic carbocycles. The van der Waals surface area contributed by atoms with Crippen molar-refractivity contribution in [3.8, 4) is 0 Å². The molecule has 1 atom stereocenters. The monoisotopic (exact) mass is 265 g/mol. The van der Waals surface area contributed by atoms with Crippen LogP contribution in [0.5, 0.6) is 0 Å². The number of hydrogen-bond acceptors (Lipinski definition) is 2. The van der Waals surface area contributed by atoms with E-state index in [1.54, 1.807) is 12.1 Å². The van der Waals surface area contributed by atoms with Crippen LogP contribution in [0, 0.1) is 0 Å². The highest BCUT2D eigenvalue weighted by molar-refractivity contribution is 6.31. The van der Waals surface area contributed by atoms with Crippen molar-refractivity contribution in [2.75, 3.05) is 13.1 Å². The summed E-state index contributed by atoms with van der Waals surface area (Å²) in [7, 11) is 0. The summed E-state index contributed by atoms with van der Waals surface area (Å²) in [5.41, 5.74) is 0.722. The summed E-state index contributed by atoms with van der Waals surface area (Å²) in [6.45, 7) is 4.08. The summed E-state index contributed by atoms with van der Waals surface area (Å²) in [6.07, 6.45) is 4.98. The number of Topliss-reactive ketones (excluding diaryl/α,β-unsaturated/α-hetero) is 1. The van der Waals surface area contributed by atoms with E-state index in [0.29, 0.717) is 5.02 Å². The van der Waals surface area contributed by atoms with Gasteiger partial charge in [-0.15, -0.1) is 0 Å². The summed E-state index contributed by atoms with van der Waals surface area (Å²) in [5, 5.41) is 0.629. The predicted octanol–water partition coefficient (Wildman–Crippen LogP) is 3.79. The Kier molecular flexibility index (Phi) is 4.79. The zero-order valence-corrected chi connectivity index (χ0v) is 11.6. The van der Waals surface area contributed by atoms with Gasteiger partial charge in [-0.2, -0.15) is 0 Å². The second-order valence-electron chi connectivity index (χ2n) is 5.00. The summed E-state index contributed by atoms with van der Waals surface area (Å²) < 4.78 is 0. The molecule has 0 radical (unpaired) electrons. The van der Waals surface area contributed by atoms with Gasteiger partial charge in [0.2, 0.25) is 0 Å². The molecule has 0 amide bonds. The molecule has 1 heterocycles. The molecule has 2 rings (SSSR count). The lowest BCUT2D eigenvalue weighted by atomic mass is 10.0. The van der Waals surface area contributed by atoms with Crippen molar-refractivity contribution in [2.45, 2.75) is 38.6 Å². The van der Waals surface area contributed by atoms with E-state index < -0.39 is 0 Å². The van der Waals surface area contributed by atoms with Crippen molar-refractivity contribution in [1.29, 1.82) is 0 Å². The Morgan fingerprint density at radius 1 is 1.22 bits per heavy atom. The maximum absolute atomic E-state index is 12.4. The fourth-order valence-electron chi connectivity index (χ4n) is 2.53. The number of ketones is 1. The molecular weight excluding hydrogens is 246 g/mol. The molecule has 3 heteroatoms. The lowest BCUT2D eigenvalue weighted by molar-refractivity contribution is 0.0843. The molecule has 1 aliphatic rings. The summed E-state index contributed by atoms with van der Waals surface area (Å²) in [5.74, 6) is 0.180. The Balaban J connectivity index is 2.07. The van der Waals surface area contributed by atoms with Crippen molar-refractivity contribution < 1.29 is 4.79 Å². The molecule has 1 saturated heterocycles. The zero-order valence-electron chi connectivity index (χ0n) is 10.9. The van der Waals surface area contributed by atoms with E-state index in [9.17, 15) is 4.79 Å². The van der Waals surface area contributed by atoms with Crippen LogP contribution in [-0.4, -0.2) is 29.8 Å². The van der Waals surface area contributed by atoms with Crippen LogP contribution in [0.3, 0.4) is 0 Å². The molecule has 1 fully saturated rings. The van der Waals surface area contributed by atoms with Gasteiger partial charge in [0.05, 0.1) is 6.04 Å². The fraction of sp³-hybridized carbons (Fsp3) is 0.533. The zero-order chi connectivity index (χ0) is 13.0. The molecule has 0 bridgehead atoms. The third-order valence-electron chi connectivity index (χ3n) is 3.68. The first-order chi connectivity index (χ1) is 8.68. The van der Waals surface area contributed by atoms with Gasteiger partial charge >= 0.3 is 0 Å². The molecule has 0 aliphatic carbocycles. The van der Waals surface area contributed by atoms with Crippen molar-refractivity contribution >= 4 is 17.4 Å². The Morgan fingerprint density at radius 2 is 1.89 bits per heavy atom. The molecule has 0 saturated carbocycles. The first-order valence-corrected chi connectivity index (χ1v) is 7.10. The molecule has 0 spiro atoms. The van der Waals surface area contributed by atoms with Crippen LogP contribution in [0.1, 0.15) is 43.0 Å². The van der Waals surface area contributed by atoms with Crippen LogP contribution < -0.4 is 0 Å². The first-order valence-electron chi connectivity index (χ1n) is 6.72. The van der Waals surface area contributed by atoms with E-state index in [1.807, 2.05) is 19.1 Å². The van der Waals surface area contributed by atoms with Gasteiger partial charge in [-0.05, 0) is 45.0 Å². The van der Waals surface area contributed by atoms with Crippen LogP contribution in [0.4, 0.5) is 0 Å². The smallest absolute Gasteiger partial charge is 0.179 e. The van der Waals surface area contributed by atoms with Crippen LogP contribution in [-0.2, 0) is 0 Å². The van der Waals surface area contributed by atoms with Gasteiger partial charge in [0, 0.05) is 10.6 Å². The molecular formula is C15H20ClNO. The minimum atomic E-state index is -0.0402. The van der Waals surface area contributed by atoms with E-state index in [-0.39, 0.29) is 11.8 Å². The number of carbonyl (C=O) groups is 1. The number of carbonyl (C=O) groups excluding carboxylic acids is 1. The van der Waals surface area contributed by atoms with Crippen LogP contribution >= 0.6 is 11.6 Å². The maximum atomic E-state index is 12.4. The molecule has 1 unspecified atom stereocenters. The van der Waals surface area contributed by atoms with E-state index in [4.69, 9.17) is 11.6 Å². The highest BCUT2D eigenvalue weighted by Gasteiger charge is 2.23. The van der Waals surface area contributed by atoms with Gasteiger partial charge in [0.1, 0.15) is 0 Å². The molecule has 0 N–H and O–H groups in total. The standard InChI is InChI=1S/C15H20ClNO/c1-12(17-9-4-2-3-5-10-17)15(18)13-7-6-8-14(16)11-13/h6-8,11-12H,2-5,9-10H2,1H3. The van der Waals surface area contributed by atoms with Crippen molar-refractivity contribution in [2.24, 2.45) is 0 Å². The van der Waals surface area contributed by atoms with E-state index in [0.717, 1.165) is 18.7 Å². The summed E-state index contributed by atoms with van der Waals surface area (Å²) >= 11 is 5.94. The average Bonchev–Trinajstić information content (AvgIpc) is 2.66. The third kappa shape index (κ3) is 3.33. The Morgan fingerprint density at radius 3 is 2.50 bits per heavy atom. The summed E-state index contributed by atoms with van der Waals surface area (Å²) in [4.78, 5) is 14.7. The molecule has 1 aliphatic heterocycles. The van der Waals surface area contributed by atoms with Gasteiger partial charge in [-0.3, -0.25) is 9.69 Å². The number of rotatable bonds is 3. The van der Waals surface area contributed by atoms with Crippen molar-refractivity contribution in [3.05, 3.63) is 34.9 Å². The molecule has 2 nitrogen and oxygen atoms in total. The Bertz CT molecular complexity index is 411. The van der Waals surface area contributed by atoms with Gasteiger partial charge in [0.25, 0.3) is 0 Å². The lowest BCUT2D eigenvalue weighted by Gasteiger charge is -2.26. The van der Waals surface area contributed by atoms with E-state index in [1.165, 1.54) is 25.7 Å². The minimum Gasteiger partial charge on any atom is -0.294 e. The Hall–Kier alpha value is -0.860. The fourth-order valence-corrected chi connectivity index (χ4v) is 2.72. The third-order valence-corrected chi connectivity index (χ3v) is 3.91. The maximum Gasteiger partial charge on any atom is 0.179 e. The Labute approximate surface area is 114 Å². The minimum absolute atomic E-state index is 0.0402. The second-order valence-corrected chi connectivity index (χ2v) is 5.44. The molecule has 18 heavy (non-hydrogen) atoms. The van der Waals surface area contributed by atoms with Gasteiger partial charge in [-0.1, -0.05) is 36.6 Å². The van der Waals surface area contributed by atoms with E-state index in [2.05, 4.69) is 4.90 Å². The lowest BCUT2D eigenvalue weighted by Crippen LogP contribution is -2.39. The highest BCUT2D eigenvalue weighted by atomic mass is 35.5.